The van der Waals surface area contributed by atoms with Crippen LogP contribution in [-0.2, 0) is 62.3 Å². The number of aliphatic hydroxyl groups is 1. The van der Waals surface area contributed by atoms with Crippen molar-refractivity contribution in [3.05, 3.63) is 0 Å². The van der Waals surface area contributed by atoms with Crippen molar-refractivity contribution in [3.63, 3.8) is 0 Å². The van der Waals surface area contributed by atoms with Crippen LogP contribution in [0.5, 0.6) is 0 Å². The van der Waals surface area contributed by atoms with Gasteiger partial charge in [-0.3, -0.25) is 62.5 Å². The van der Waals surface area contributed by atoms with Crippen molar-refractivity contribution in [2.75, 3.05) is 42.7 Å². The highest BCUT2D eigenvalue weighted by Gasteiger charge is 2.35. The molecule has 0 aliphatic carbocycles. The number of aliphatic carboxylic acids is 2. The smallest absolute Gasteiger partial charge is 0.328 e. The summed E-state index contributed by atoms with van der Waals surface area (Å²) >= 11 is 16.4. The number of aliphatic imine (C=N–C) groups is 1. The molecule has 0 aliphatic rings. The third-order valence-electron chi connectivity index (χ3n) is 10.0. The van der Waals surface area contributed by atoms with Crippen molar-refractivity contribution in [1.82, 2.24) is 47.9 Å². The molecular weight excluding hydrogens is 1080 g/mol. The number of guanidine groups is 1. The molecule has 0 aliphatic heterocycles. The Morgan fingerprint density at radius 1 is 0.427 bits per heavy atom. The second-order valence-corrected chi connectivity index (χ2v) is 17.5. The Labute approximate surface area is 451 Å². The number of carbonyl (C=O) groups is 13. The summed E-state index contributed by atoms with van der Waals surface area (Å²) in [7, 11) is 0. The van der Waals surface area contributed by atoms with E-state index in [2.05, 4.69) is 98.0 Å². The maximum absolute atomic E-state index is 13.9. The molecule has 75 heavy (non-hydrogen) atoms. The van der Waals surface area contributed by atoms with E-state index >= 15 is 0 Å². The van der Waals surface area contributed by atoms with Crippen molar-refractivity contribution < 1.29 is 77.6 Å². The number of primary amides is 2. The van der Waals surface area contributed by atoms with Crippen LogP contribution in [0.15, 0.2) is 4.99 Å². The van der Waals surface area contributed by atoms with Gasteiger partial charge in [-0.15, -0.1) is 0 Å². The molecule has 0 spiro atoms. The summed E-state index contributed by atoms with van der Waals surface area (Å²) in [6, 6.07) is -16.1. The van der Waals surface area contributed by atoms with Crippen molar-refractivity contribution in [1.29, 1.82) is 0 Å². The number of nitrogens with one attached hydrogen (secondary N) is 9. The highest BCUT2D eigenvalue weighted by atomic mass is 32.1. The SMILES string of the molecule is NCCCC[C@H](NC(=O)[C@H](CCCN=C(N)N)NC(=O)[C@H](CS)NC(=O)[C@H](CS)NC(=O)[C@H](CS)NC(=O)[C@H](CS)NC(=O)[C@H](CC(N)=O)NC(=O)[C@@H](N)CC(N)=O)C(=O)N[C@@H](CC(=O)O)C(=O)N[C@@H](CO)C(=O)O. The van der Waals surface area contributed by atoms with Gasteiger partial charge in [-0.2, -0.15) is 50.5 Å². The zero-order valence-electron chi connectivity index (χ0n) is 40.2. The molecule has 10 atom stereocenters. The summed E-state index contributed by atoms with van der Waals surface area (Å²) in [5.74, 6) is -16.8. The van der Waals surface area contributed by atoms with Gasteiger partial charge in [0.2, 0.25) is 65.0 Å². The Bertz CT molecular complexity index is 2060. The second-order valence-electron chi connectivity index (χ2n) is 16.1. The third-order valence-corrected chi connectivity index (χ3v) is 11.5. The van der Waals surface area contributed by atoms with E-state index in [9.17, 15) is 77.6 Å². The number of amides is 11. The molecule has 11 amide bonds. The van der Waals surface area contributed by atoms with E-state index < -0.39 is 186 Å². The lowest BCUT2D eigenvalue weighted by Gasteiger charge is -2.27. The zero-order valence-corrected chi connectivity index (χ0v) is 43.8. The quantitative estimate of drug-likeness (QED) is 0.0118. The van der Waals surface area contributed by atoms with Crippen LogP contribution < -0.4 is 82.3 Å². The first-order valence-corrected chi connectivity index (χ1v) is 25.0. The van der Waals surface area contributed by atoms with Crippen molar-refractivity contribution in [3.8, 4) is 0 Å². The molecule has 0 radical (unpaired) electrons. The van der Waals surface area contributed by atoms with Gasteiger partial charge in [-0.25, -0.2) is 4.79 Å². The molecule has 0 fully saturated rings. The number of carboxylic acid groups (broad SMARTS) is 2. The first-order valence-electron chi connectivity index (χ1n) is 22.5. The average Bonchev–Trinajstić information content (AvgIpc) is 3.33. The van der Waals surface area contributed by atoms with E-state index in [1.54, 1.807) is 0 Å². The van der Waals surface area contributed by atoms with Crippen molar-refractivity contribution in [2.24, 2.45) is 39.4 Å². The van der Waals surface area contributed by atoms with Gasteiger partial charge in [0.25, 0.3) is 0 Å². The molecule has 24 N–H and O–H groups in total. The molecule has 0 aromatic rings. The summed E-state index contributed by atoms with van der Waals surface area (Å²) in [5, 5.41) is 48.4. The first-order chi connectivity index (χ1) is 35.2. The Kier molecular flexibility index (Phi) is 33.5. The predicted molar refractivity (Wildman–Crippen MR) is 278 cm³/mol. The molecule has 0 saturated carbocycles. The highest BCUT2D eigenvalue weighted by Crippen LogP contribution is 2.08. The van der Waals surface area contributed by atoms with Gasteiger partial charge >= 0.3 is 11.9 Å². The molecular formula is C39H68N16O16S4. The summed E-state index contributed by atoms with van der Waals surface area (Å²) in [5.41, 5.74) is 32.3. The topological polar surface area (TPSA) is 559 Å². The molecule has 0 aromatic heterocycles. The van der Waals surface area contributed by atoms with Gasteiger partial charge < -0.3 is 97.6 Å². The van der Waals surface area contributed by atoms with E-state index in [0.717, 1.165) is 0 Å². The summed E-state index contributed by atoms with van der Waals surface area (Å²) in [4.78, 5) is 170. The van der Waals surface area contributed by atoms with Gasteiger partial charge in [0, 0.05) is 29.6 Å². The molecule has 0 aromatic carbocycles. The number of carboxylic acids is 2. The summed E-state index contributed by atoms with van der Waals surface area (Å²) < 4.78 is 0. The summed E-state index contributed by atoms with van der Waals surface area (Å²) in [6.07, 6.45) is -2.21. The first kappa shape index (κ1) is 68.7. The van der Waals surface area contributed by atoms with Gasteiger partial charge in [0.15, 0.2) is 5.96 Å². The lowest BCUT2D eigenvalue weighted by Crippen LogP contribution is -2.61. The minimum atomic E-state index is -1.90. The molecule has 0 unspecified atom stereocenters. The fourth-order valence-electron chi connectivity index (χ4n) is 6.06. The largest absolute Gasteiger partial charge is 0.481 e. The number of nitrogens with two attached hydrogens (primary N) is 6. The number of rotatable bonds is 38. The average molecular weight is 1150 g/mol. The molecule has 0 bridgehead atoms. The monoisotopic (exact) mass is 1140 g/mol. The Hall–Kier alpha value is -6.34. The van der Waals surface area contributed by atoms with Gasteiger partial charge in [-0.05, 0) is 38.6 Å². The van der Waals surface area contributed by atoms with Gasteiger partial charge in [0.1, 0.15) is 54.4 Å². The third kappa shape index (κ3) is 27.1. The molecule has 0 saturated heterocycles. The fourth-order valence-corrected chi connectivity index (χ4v) is 7.09. The van der Waals surface area contributed by atoms with Crippen molar-refractivity contribution >= 4 is 133 Å². The Morgan fingerprint density at radius 3 is 1.08 bits per heavy atom. The minimum Gasteiger partial charge on any atom is -0.481 e. The van der Waals surface area contributed by atoms with E-state index in [0.29, 0.717) is 6.42 Å². The van der Waals surface area contributed by atoms with Crippen LogP contribution in [0.1, 0.15) is 51.4 Å². The van der Waals surface area contributed by atoms with E-state index in [-0.39, 0.29) is 44.7 Å². The molecule has 36 heteroatoms. The number of carbonyl (C=O) groups excluding carboxylic acids is 11. The summed E-state index contributed by atoms with van der Waals surface area (Å²) in [6.45, 7) is -0.981. The normalized spacial score (nSPS) is 14.8. The number of thiol groups is 4. The number of aliphatic hydroxyl groups excluding tert-OH is 1. The van der Waals surface area contributed by atoms with Gasteiger partial charge in [0.05, 0.1) is 31.9 Å². The number of nitrogens with zero attached hydrogens (tertiary/aromatic N) is 1. The minimum absolute atomic E-state index is 0.0370. The van der Waals surface area contributed by atoms with E-state index in [4.69, 9.17) is 34.4 Å². The van der Waals surface area contributed by atoms with Crippen LogP contribution in [0.25, 0.3) is 0 Å². The molecule has 32 nitrogen and oxygen atoms in total. The maximum atomic E-state index is 13.9. The number of unbranched alkanes of at least 4 members (excludes halogenated alkanes) is 1. The Balaban J connectivity index is 6.33. The van der Waals surface area contributed by atoms with Crippen LogP contribution >= 0.6 is 50.5 Å². The Morgan fingerprint density at radius 2 is 0.747 bits per heavy atom. The van der Waals surface area contributed by atoms with E-state index in [1.807, 2.05) is 5.32 Å². The van der Waals surface area contributed by atoms with E-state index in [1.165, 1.54) is 0 Å². The lowest BCUT2D eigenvalue weighted by atomic mass is 10.0. The standard InChI is InChI=1S/C39H68N16O16S4/c40-6-2-1-4-17(31(63)50-20(10-28(59)60)33(65)51-21(11-56)38(70)71)47-30(62)18(5-3-7-46-39(44)45)48-34(66)22(12-72)53-36(68)24(14-74)55-37(69)25(15-75)54-35(67)23(13-73)52-32(64)19(9-27(43)58)49-29(61)16(41)8-26(42)57/h16-25,56,72-75H,1-15,40-41H2,(H2,42,57)(H2,43,58)(H,47,62)(H,48,66)(H,49,61)(H,50,63)(H,51,65)(H,52,64)(H,53,68)(H,54,67)(H,55,69)(H,59,60)(H,70,71)(H4,44,45,46)/t16-,17-,18-,19-,20-,21-,22-,23-,24-,25-/m0/s1. The predicted octanol–water partition coefficient (Wildman–Crippen LogP) is -10.1. The maximum Gasteiger partial charge on any atom is 0.328 e. The highest BCUT2D eigenvalue weighted by molar-refractivity contribution is 7.80. The fraction of sp³-hybridized carbons (Fsp3) is 0.641. The van der Waals surface area contributed by atoms with Crippen LogP contribution in [-0.4, -0.2) is 201 Å². The molecule has 424 valence electrons. The molecule has 0 heterocycles. The van der Waals surface area contributed by atoms with Gasteiger partial charge in [-0.1, -0.05) is 0 Å². The van der Waals surface area contributed by atoms with Crippen LogP contribution in [0, 0.1) is 0 Å². The lowest BCUT2D eigenvalue weighted by molar-refractivity contribution is -0.144. The number of hydrogen-bond acceptors (Lipinski definition) is 21. The van der Waals surface area contributed by atoms with Crippen LogP contribution in [0.2, 0.25) is 0 Å². The number of hydrogen-bond donors (Lipinski definition) is 22. The zero-order chi connectivity index (χ0) is 57.5. The second kappa shape index (κ2) is 36.6. The molecule has 0 rings (SSSR count). The van der Waals surface area contributed by atoms with Crippen LogP contribution in [0.4, 0.5) is 0 Å². The van der Waals surface area contributed by atoms with Crippen molar-refractivity contribution in [2.45, 2.75) is 112 Å². The van der Waals surface area contributed by atoms with Crippen LogP contribution in [0.3, 0.4) is 0 Å².